The van der Waals surface area contributed by atoms with Crippen LogP contribution in [-0.2, 0) is 14.4 Å². The third-order valence-electron chi connectivity index (χ3n) is 6.36. The van der Waals surface area contributed by atoms with Gasteiger partial charge >= 0.3 is 6.03 Å². The van der Waals surface area contributed by atoms with E-state index in [4.69, 9.17) is 5.73 Å². The summed E-state index contributed by atoms with van der Waals surface area (Å²) in [6.07, 6.45) is 8.91. The van der Waals surface area contributed by atoms with Gasteiger partial charge in [0.05, 0.1) is 11.8 Å². The number of nitrogens with zero attached hydrogens (tertiary/aromatic N) is 2. The highest BCUT2D eigenvalue weighted by Crippen LogP contribution is 2.26. The summed E-state index contributed by atoms with van der Waals surface area (Å²) in [6.45, 7) is 0.841. The highest BCUT2D eigenvalue weighted by Gasteiger charge is 2.47. The van der Waals surface area contributed by atoms with Crippen LogP contribution < -0.4 is 16.4 Å². The first kappa shape index (κ1) is 22.7. The second kappa shape index (κ2) is 10.4. The fourth-order valence-corrected chi connectivity index (χ4v) is 5.29. The molecule has 0 radical (unpaired) electrons. The Morgan fingerprint density at radius 3 is 2.33 bits per heavy atom. The van der Waals surface area contributed by atoms with Crippen LogP contribution in [0.5, 0.6) is 0 Å². The van der Waals surface area contributed by atoms with Gasteiger partial charge in [-0.15, -0.1) is 0 Å². The van der Waals surface area contributed by atoms with Crippen molar-refractivity contribution < 1.29 is 19.2 Å². The van der Waals surface area contributed by atoms with Crippen molar-refractivity contribution in [3.63, 3.8) is 0 Å². The maximum atomic E-state index is 13.4. The van der Waals surface area contributed by atoms with Crippen LogP contribution in [0.15, 0.2) is 0 Å². The number of rotatable bonds is 6. The summed E-state index contributed by atoms with van der Waals surface area (Å²) in [6, 6.07) is -2.08. The van der Waals surface area contributed by atoms with Crippen molar-refractivity contribution in [3.8, 4) is 0 Å². The van der Waals surface area contributed by atoms with E-state index in [9.17, 15) is 19.2 Å². The lowest BCUT2D eigenvalue weighted by Crippen LogP contribution is -2.59. The van der Waals surface area contributed by atoms with Crippen LogP contribution >= 0.6 is 11.8 Å². The Balaban J connectivity index is 1.72. The Morgan fingerprint density at radius 2 is 1.67 bits per heavy atom. The number of nitrogens with two attached hydrogens (primary N) is 1. The number of primary amides is 1. The minimum absolute atomic E-state index is 0.132. The highest BCUT2D eigenvalue weighted by atomic mass is 32.2. The first-order valence-electron chi connectivity index (χ1n) is 10.9. The maximum Gasteiger partial charge on any atom is 0.315 e. The number of urea groups is 1. The van der Waals surface area contributed by atoms with Gasteiger partial charge in [0.15, 0.2) is 0 Å². The van der Waals surface area contributed by atoms with Gasteiger partial charge in [-0.2, -0.15) is 11.8 Å². The van der Waals surface area contributed by atoms with Gasteiger partial charge < -0.3 is 26.2 Å². The van der Waals surface area contributed by atoms with Crippen molar-refractivity contribution in [1.82, 2.24) is 20.4 Å². The Bertz CT molecular complexity index is 670. The van der Waals surface area contributed by atoms with Crippen LogP contribution in [0, 0.1) is 0 Å². The number of carbonyl (C=O) groups is 4. The van der Waals surface area contributed by atoms with Crippen LogP contribution in [0.25, 0.3) is 0 Å². The van der Waals surface area contributed by atoms with Crippen molar-refractivity contribution in [2.75, 3.05) is 25.1 Å². The average molecular weight is 440 g/mol. The molecule has 168 valence electrons. The third kappa shape index (κ3) is 5.19. The minimum atomic E-state index is -0.804. The molecular weight excluding hydrogens is 406 g/mol. The number of likely N-dealkylation sites (tertiary alicyclic amines) is 2. The van der Waals surface area contributed by atoms with E-state index in [1.165, 1.54) is 23.1 Å². The molecule has 5 amide bonds. The lowest BCUT2D eigenvalue weighted by Gasteiger charge is -2.33. The topological polar surface area (TPSA) is 125 Å². The predicted octanol–water partition coefficient (Wildman–Crippen LogP) is 0.427. The lowest BCUT2D eigenvalue weighted by atomic mass is 9.96. The van der Waals surface area contributed by atoms with E-state index in [0.717, 1.165) is 25.7 Å². The van der Waals surface area contributed by atoms with Gasteiger partial charge in [-0.05, 0) is 38.4 Å². The predicted molar refractivity (Wildman–Crippen MR) is 115 cm³/mol. The summed E-state index contributed by atoms with van der Waals surface area (Å²) in [5.41, 5.74) is 5.49. The number of hydrogen-bond donors (Lipinski definition) is 3. The first-order valence-corrected chi connectivity index (χ1v) is 12.3. The molecule has 0 spiro atoms. The Kier molecular flexibility index (Phi) is 7.85. The summed E-state index contributed by atoms with van der Waals surface area (Å²) >= 11 is 1.40. The molecule has 2 saturated heterocycles. The average Bonchev–Trinajstić information content (AvgIpc) is 3.36. The number of amides is 5. The number of hydrogen-bond acceptors (Lipinski definition) is 5. The highest BCUT2D eigenvalue weighted by molar-refractivity contribution is 7.99. The Labute approximate surface area is 181 Å². The molecule has 3 fully saturated rings. The van der Waals surface area contributed by atoms with Gasteiger partial charge in [0.1, 0.15) is 12.1 Å². The van der Waals surface area contributed by atoms with Crippen molar-refractivity contribution in [3.05, 3.63) is 0 Å². The molecule has 30 heavy (non-hydrogen) atoms. The van der Waals surface area contributed by atoms with Crippen LogP contribution in [0.2, 0.25) is 0 Å². The summed E-state index contributed by atoms with van der Waals surface area (Å²) in [7, 11) is 0. The zero-order valence-corrected chi connectivity index (χ0v) is 18.4. The van der Waals surface area contributed by atoms with Crippen molar-refractivity contribution in [1.29, 1.82) is 0 Å². The van der Waals surface area contributed by atoms with E-state index < -0.39 is 24.0 Å². The Hall–Kier alpha value is -1.97. The van der Waals surface area contributed by atoms with Gasteiger partial charge in [0, 0.05) is 19.1 Å². The van der Waals surface area contributed by atoms with E-state index in [2.05, 4.69) is 10.6 Å². The molecule has 2 heterocycles. The third-order valence-corrected chi connectivity index (χ3v) is 6.90. The van der Waals surface area contributed by atoms with Gasteiger partial charge in [-0.25, -0.2) is 4.79 Å². The quantitative estimate of drug-likeness (QED) is 0.553. The second-order valence-corrected chi connectivity index (χ2v) is 9.27. The van der Waals surface area contributed by atoms with Gasteiger partial charge in [-0.3, -0.25) is 14.4 Å². The lowest BCUT2D eigenvalue weighted by molar-refractivity contribution is -0.145. The standard InChI is InChI=1S/C20H33N5O4S/c1-30-12-16(26)25-11-9-14(23-20(29)22-13-6-3-2-4-7-13)17(25)19(28)24-10-5-8-15(24)18(21)27/h13-15,17H,2-12H2,1H3,(H2,21,27)(H2,22,23,29). The molecule has 0 aromatic heterocycles. The molecule has 3 rings (SSSR count). The zero-order valence-electron chi connectivity index (χ0n) is 17.6. The van der Waals surface area contributed by atoms with Crippen LogP contribution in [0.4, 0.5) is 4.79 Å². The SMILES string of the molecule is CSCC(=O)N1CCC(NC(=O)NC2CCCCC2)C1C(=O)N1CCCC1C(N)=O. The molecule has 1 aliphatic carbocycles. The molecule has 10 heteroatoms. The van der Waals surface area contributed by atoms with Crippen LogP contribution in [0.1, 0.15) is 51.4 Å². The second-order valence-electron chi connectivity index (χ2n) is 8.40. The summed E-state index contributed by atoms with van der Waals surface area (Å²) in [5, 5.41) is 5.95. The van der Waals surface area contributed by atoms with Crippen LogP contribution in [0.3, 0.4) is 0 Å². The molecule has 4 N–H and O–H groups in total. The molecule has 3 aliphatic rings. The van der Waals surface area contributed by atoms with E-state index >= 15 is 0 Å². The van der Waals surface area contributed by atoms with Crippen molar-refractivity contribution >= 4 is 35.5 Å². The maximum absolute atomic E-state index is 13.4. The minimum Gasteiger partial charge on any atom is -0.368 e. The number of thioether (sulfide) groups is 1. The van der Waals surface area contributed by atoms with E-state index in [1.54, 1.807) is 4.90 Å². The molecule has 3 atom stereocenters. The fourth-order valence-electron chi connectivity index (χ4n) is 4.87. The fraction of sp³-hybridized carbons (Fsp3) is 0.800. The molecular formula is C20H33N5O4S. The molecule has 0 bridgehead atoms. The largest absolute Gasteiger partial charge is 0.368 e. The van der Waals surface area contributed by atoms with Crippen molar-refractivity contribution in [2.24, 2.45) is 5.73 Å². The van der Waals surface area contributed by atoms with Gasteiger partial charge in [-0.1, -0.05) is 19.3 Å². The normalized spacial score (nSPS) is 27.2. The number of nitrogens with one attached hydrogen (secondary N) is 2. The summed E-state index contributed by atoms with van der Waals surface area (Å²) in [5.74, 6) is -0.691. The molecule has 9 nitrogen and oxygen atoms in total. The monoisotopic (exact) mass is 439 g/mol. The first-order chi connectivity index (χ1) is 14.4. The van der Waals surface area contributed by atoms with E-state index in [1.807, 2.05) is 6.26 Å². The van der Waals surface area contributed by atoms with Crippen LogP contribution in [-0.4, -0.2) is 82.8 Å². The molecule has 2 aliphatic heterocycles. The van der Waals surface area contributed by atoms with E-state index in [0.29, 0.717) is 32.4 Å². The Morgan fingerprint density at radius 1 is 0.933 bits per heavy atom. The zero-order chi connectivity index (χ0) is 21.7. The smallest absolute Gasteiger partial charge is 0.315 e. The summed E-state index contributed by atoms with van der Waals surface area (Å²) in [4.78, 5) is 53.5. The molecule has 1 saturated carbocycles. The number of carbonyl (C=O) groups excluding carboxylic acids is 4. The molecule has 0 aromatic rings. The van der Waals surface area contributed by atoms with Gasteiger partial charge in [0.25, 0.3) is 0 Å². The van der Waals surface area contributed by atoms with E-state index in [-0.39, 0.29) is 29.6 Å². The summed E-state index contributed by atoms with van der Waals surface area (Å²) < 4.78 is 0. The van der Waals surface area contributed by atoms with Crippen molar-refractivity contribution in [2.45, 2.75) is 75.5 Å². The molecule has 3 unspecified atom stereocenters. The molecule has 0 aromatic carbocycles. The van der Waals surface area contributed by atoms with Gasteiger partial charge in [0.2, 0.25) is 17.7 Å².